The van der Waals surface area contributed by atoms with E-state index in [0.29, 0.717) is 13.0 Å². The fraction of sp³-hybridized carbons (Fsp3) is 0.286. The van der Waals surface area contributed by atoms with E-state index >= 15 is 0 Å². The van der Waals surface area contributed by atoms with Gasteiger partial charge in [-0.25, -0.2) is 0 Å². The molecule has 0 aliphatic rings. The van der Waals surface area contributed by atoms with Gasteiger partial charge in [-0.1, -0.05) is 42.5 Å². The molecule has 132 valence electrons. The van der Waals surface area contributed by atoms with Crippen molar-refractivity contribution in [2.45, 2.75) is 25.4 Å². The second kappa shape index (κ2) is 9.64. The summed E-state index contributed by atoms with van der Waals surface area (Å²) in [5.41, 5.74) is 2.01. The van der Waals surface area contributed by atoms with Crippen LogP contribution in [0.4, 0.5) is 0 Å². The fourth-order valence-electron chi connectivity index (χ4n) is 2.67. The van der Waals surface area contributed by atoms with E-state index in [4.69, 9.17) is 4.74 Å². The molecule has 0 spiro atoms. The molecule has 0 aromatic heterocycles. The third kappa shape index (κ3) is 6.43. The molecule has 2 unspecified atom stereocenters. The predicted octanol–water partition coefficient (Wildman–Crippen LogP) is 3.38. The molecule has 0 bridgehead atoms. The van der Waals surface area contributed by atoms with Crippen LogP contribution in [0.1, 0.15) is 30.4 Å². The highest BCUT2D eigenvalue weighted by molar-refractivity contribution is 5.91. The van der Waals surface area contributed by atoms with Crippen LogP contribution < -0.4 is 10.1 Å². The lowest BCUT2D eigenvalue weighted by atomic mass is 9.93. The molecular weight excluding hydrogens is 314 g/mol. The SMILES string of the molecule is COc1cccc(/C=C/C(=O)NCC(CC(C)O)c2ccccc2)c1. The van der Waals surface area contributed by atoms with E-state index in [-0.39, 0.29) is 11.8 Å². The van der Waals surface area contributed by atoms with Crippen molar-refractivity contribution in [3.8, 4) is 5.75 Å². The molecule has 0 radical (unpaired) electrons. The molecule has 2 aromatic rings. The van der Waals surface area contributed by atoms with E-state index in [9.17, 15) is 9.90 Å². The minimum absolute atomic E-state index is 0.0790. The monoisotopic (exact) mass is 339 g/mol. The standard InChI is InChI=1S/C21H25NO3/c1-16(23)13-19(18-8-4-3-5-9-18)15-22-21(24)12-11-17-7-6-10-20(14-17)25-2/h3-12,14,16,19,23H,13,15H2,1-2H3,(H,22,24)/b12-11+. The van der Waals surface area contributed by atoms with Crippen LogP contribution in [0.2, 0.25) is 0 Å². The molecular formula is C21H25NO3. The van der Waals surface area contributed by atoms with Crippen LogP contribution >= 0.6 is 0 Å². The number of carbonyl (C=O) groups is 1. The van der Waals surface area contributed by atoms with Gasteiger partial charge in [-0.3, -0.25) is 4.79 Å². The first kappa shape index (κ1) is 18.7. The third-order valence-corrected chi connectivity index (χ3v) is 3.94. The molecule has 2 rings (SSSR count). The van der Waals surface area contributed by atoms with Crippen molar-refractivity contribution in [1.29, 1.82) is 0 Å². The number of ether oxygens (including phenoxy) is 1. The Morgan fingerprint density at radius 3 is 2.64 bits per heavy atom. The number of nitrogens with one attached hydrogen (secondary N) is 1. The lowest BCUT2D eigenvalue weighted by Crippen LogP contribution is -2.28. The molecule has 4 nitrogen and oxygen atoms in total. The van der Waals surface area contributed by atoms with Crippen molar-refractivity contribution >= 4 is 12.0 Å². The quantitative estimate of drug-likeness (QED) is 0.725. The predicted molar refractivity (Wildman–Crippen MR) is 101 cm³/mol. The second-order valence-electron chi connectivity index (χ2n) is 6.05. The Morgan fingerprint density at radius 1 is 1.20 bits per heavy atom. The van der Waals surface area contributed by atoms with Gasteiger partial charge in [0, 0.05) is 18.5 Å². The van der Waals surface area contributed by atoms with Gasteiger partial charge >= 0.3 is 0 Å². The van der Waals surface area contributed by atoms with Crippen LogP contribution in [0.5, 0.6) is 5.75 Å². The van der Waals surface area contributed by atoms with Crippen LogP contribution in [-0.2, 0) is 4.79 Å². The summed E-state index contributed by atoms with van der Waals surface area (Å²) in [6, 6.07) is 17.4. The van der Waals surface area contributed by atoms with Gasteiger partial charge in [-0.05, 0) is 42.7 Å². The summed E-state index contributed by atoms with van der Waals surface area (Å²) in [5.74, 6) is 0.674. The Balaban J connectivity index is 1.95. The van der Waals surface area contributed by atoms with Gasteiger partial charge in [-0.15, -0.1) is 0 Å². The Bertz CT molecular complexity index is 695. The van der Waals surface area contributed by atoms with Crippen molar-refractivity contribution < 1.29 is 14.6 Å². The minimum atomic E-state index is -0.422. The van der Waals surface area contributed by atoms with Gasteiger partial charge in [0.1, 0.15) is 5.75 Å². The van der Waals surface area contributed by atoms with Crippen LogP contribution in [0, 0.1) is 0 Å². The maximum absolute atomic E-state index is 12.1. The zero-order valence-corrected chi connectivity index (χ0v) is 14.7. The molecule has 2 aromatic carbocycles. The molecule has 1 amide bonds. The number of aliphatic hydroxyl groups is 1. The van der Waals surface area contributed by atoms with E-state index in [0.717, 1.165) is 16.9 Å². The second-order valence-corrected chi connectivity index (χ2v) is 6.05. The van der Waals surface area contributed by atoms with Crippen molar-refractivity contribution in [3.05, 3.63) is 71.8 Å². The van der Waals surface area contributed by atoms with Crippen LogP contribution in [0.15, 0.2) is 60.7 Å². The summed E-state index contributed by atoms with van der Waals surface area (Å²) in [6.45, 7) is 2.25. The van der Waals surface area contributed by atoms with Crippen molar-refractivity contribution in [2.24, 2.45) is 0 Å². The first-order chi connectivity index (χ1) is 12.1. The highest BCUT2D eigenvalue weighted by Gasteiger charge is 2.14. The van der Waals surface area contributed by atoms with E-state index in [2.05, 4.69) is 5.32 Å². The molecule has 0 aliphatic carbocycles. The Hall–Kier alpha value is -2.59. The average molecular weight is 339 g/mol. The zero-order valence-electron chi connectivity index (χ0n) is 14.7. The first-order valence-electron chi connectivity index (χ1n) is 8.41. The average Bonchev–Trinajstić information content (AvgIpc) is 2.64. The Labute approximate surface area is 149 Å². The topological polar surface area (TPSA) is 58.6 Å². The lowest BCUT2D eigenvalue weighted by molar-refractivity contribution is -0.116. The van der Waals surface area contributed by atoms with Gasteiger partial charge in [0.2, 0.25) is 5.91 Å². The highest BCUT2D eigenvalue weighted by atomic mass is 16.5. The number of methoxy groups -OCH3 is 1. The summed E-state index contributed by atoms with van der Waals surface area (Å²) < 4.78 is 5.17. The van der Waals surface area contributed by atoms with E-state index < -0.39 is 6.10 Å². The number of benzene rings is 2. The van der Waals surface area contributed by atoms with E-state index in [1.54, 1.807) is 20.1 Å². The molecule has 2 N–H and O–H groups in total. The van der Waals surface area contributed by atoms with Gasteiger partial charge < -0.3 is 15.2 Å². The molecule has 0 saturated carbocycles. The maximum Gasteiger partial charge on any atom is 0.244 e. The Morgan fingerprint density at radius 2 is 1.96 bits per heavy atom. The number of aliphatic hydroxyl groups excluding tert-OH is 1. The summed E-state index contributed by atoms with van der Waals surface area (Å²) in [5, 5.41) is 12.6. The Kier molecular flexibility index (Phi) is 7.23. The smallest absolute Gasteiger partial charge is 0.244 e. The molecule has 25 heavy (non-hydrogen) atoms. The largest absolute Gasteiger partial charge is 0.497 e. The summed E-state index contributed by atoms with van der Waals surface area (Å²) in [6.07, 6.45) is 3.45. The normalized spacial score (nSPS) is 13.4. The number of hydrogen-bond donors (Lipinski definition) is 2. The minimum Gasteiger partial charge on any atom is -0.497 e. The molecule has 0 heterocycles. The van der Waals surface area contributed by atoms with E-state index in [1.807, 2.05) is 54.6 Å². The number of rotatable bonds is 8. The summed E-state index contributed by atoms with van der Waals surface area (Å²) in [4.78, 5) is 12.1. The van der Waals surface area contributed by atoms with Crippen molar-refractivity contribution in [3.63, 3.8) is 0 Å². The molecule has 4 heteroatoms. The summed E-state index contributed by atoms with van der Waals surface area (Å²) >= 11 is 0. The van der Waals surface area contributed by atoms with Crippen molar-refractivity contribution in [1.82, 2.24) is 5.32 Å². The number of carbonyl (C=O) groups excluding carboxylic acids is 1. The maximum atomic E-state index is 12.1. The zero-order chi connectivity index (χ0) is 18.1. The highest BCUT2D eigenvalue weighted by Crippen LogP contribution is 2.20. The van der Waals surface area contributed by atoms with Crippen LogP contribution in [0.3, 0.4) is 0 Å². The first-order valence-corrected chi connectivity index (χ1v) is 8.41. The van der Waals surface area contributed by atoms with Crippen LogP contribution in [-0.4, -0.2) is 30.8 Å². The van der Waals surface area contributed by atoms with Crippen LogP contribution in [0.25, 0.3) is 6.08 Å². The van der Waals surface area contributed by atoms with Gasteiger partial charge in [-0.2, -0.15) is 0 Å². The summed E-state index contributed by atoms with van der Waals surface area (Å²) in [7, 11) is 1.61. The van der Waals surface area contributed by atoms with Crippen molar-refractivity contribution in [2.75, 3.05) is 13.7 Å². The molecule has 0 saturated heterocycles. The lowest BCUT2D eigenvalue weighted by Gasteiger charge is -2.19. The van der Waals surface area contributed by atoms with Gasteiger partial charge in [0.05, 0.1) is 13.2 Å². The van der Waals surface area contributed by atoms with Gasteiger partial charge in [0.15, 0.2) is 0 Å². The molecule has 0 fully saturated rings. The fourth-order valence-corrected chi connectivity index (χ4v) is 2.67. The molecule has 2 atom stereocenters. The third-order valence-electron chi connectivity index (χ3n) is 3.94. The number of hydrogen-bond acceptors (Lipinski definition) is 3. The number of amides is 1. The van der Waals surface area contributed by atoms with Gasteiger partial charge in [0.25, 0.3) is 0 Å². The van der Waals surface area contributed by atoms with E-state index in [1.165, 1.54) is 6.08 Å². The molecule has 0 aliphatic heterocycles.